The van der Waals surface area contributed by atoms with Crippen LogP contribution in [0.2, 0.25) is 0 Å². The van der Waals surface area contributed by atoms with Crippen molar-refractivity contribution < 1.29 is 51.0 Å². The molecule has 0 amide bonds. The monoisotopic (exact) mass is 552 g/mol. The molecule has 4 aliphatic rings. The van der Waals surface area contributed by atoms with Gasteiger partial charge in [-0.15, -0.1) is 5.56 Å². The molecule has 170 valence electrons. The summed E-state index contributed by atoms with van der Waals surface area (Å²) in [5, 5.41) is 3.00. The molecule has 0 nitrogen and oxygen atoms in total. The second-order valence-corrected chi connectivity index (χ2v) is 10.6. The Bertz CT molecular complexity index is 1250. The van der Waals surface area contributed by atoms with Crippen LogP contribution in [0.5, 0.6) is 0 Å². The molecule has 6 rings (SSSR count). The fraction of sp³-hybridized carbons (Fsp3) is 0.333. The molecule has 0 aliphatic heterocycles. The van der Waals surface area contributed by atoms with Crippen LogP contribution in [0.1, 0.15) is 70.2 Å². The standard InChI is InChI=1S/C25H27.C5H5.2ClH.Zr/c1-14-7-8-17-20(14)22-18(23-21(17)15(2)12-25(23,5)6)11-16-9-10-24(3,4)13-19(16)22;1-2-4-5-3-1;;;/h7-10,12H,11,13H2,1-6H3;1-5H;2*1H;/q2*-1;;;+4/p-2. The third-order valence-corrected chi connectivity index (χ3v) is 7.13. The van der Waals surface area contributed by atoms with E-state index in [0.717, 1.165) is 12.8 Å². The van der Waals surface area contributed by atoms with Gasteiger partial charge in [-0.1, -0.05) is 75.1 Å². The predicted octanol–water partition coefficient (Wildman–Crippen LogP) is 0.257. The summed E-state index contributed by atoms with van der Waals surface area (Å²) in [6.07, 6.45) is 14.3. The van der Waals surface area contributed by atoms with Crippen LogP contribution in [0.25, 0.3) is 22.8 Å². The number of hydrogen-bond acceptors (Lipinski definition) is 0. The minimum atomic E-state index is 0. The van der Waals surface area contributed by atoms with Crippen molar-refractivity contribution in [2.75, 3.05) is 0 Å². The zero-order chi connectivity index (χ0) is 21.3. The minimum Gasteiger partial charge on any atom is -1.00 e. The van der Waals surface area contributed by atoms with E-state index < -0.39 is 0 Å². The maximum absolute atomic E-state index is 2.48. The quantitative estimate of drug-likeness (QED) is 0.410. The van der Waals surface area contributed by atoms with Crippen molar-refractivity contribution in [2.45, 2.75) is 59.8 Å². The zero-order valence-electron chi connectivity index (χ0n) is 20.4. The van der Waals surface area contributed by atoms with Crippen LogP contribution >= 0.6 is 0 Å². The molecule has 0 aromatic heterocycles. The van der Waals surface area contributed by atoms with Gasteiger partial charge in [0.05, 0.1) is 0 Å². The topological polar surface area (TPSA) is 0 Å². The summed E-state index contributed by atoms with van der Waals surface area (Å²) < 4.78 is 0. The van der Waals surface area contributed by atoms with Gasteiger partial charge >= 0.3 is 26.2 Å². The largest absolute Gasteiger partial charge is 4.00 e. The molecule has 0 heterocycles. The van der Waals surface area contributed by atoms with E-state index in [1.807, 2.05) is 30.3 Å². The van der Waals surface area contributed by atoms with E-state index in [-0.39, 0.29) is 61.8 Å². The van der Waals surface area contributed by atoms with Gasteiger partial charge in [0.15, 0.2) is 0 Å². The summed E-state index contributed by atoms with van der Waals surface area (Å²) in [5.41, 5.74) is 12.8. The van der Waals surface area contributed by atoms with Crippen LogP contribution in [0.4, 0.5) is 0 Å². The first-order valence-corrected chi connectivity index (χ1v) is 11.2. The molecule has 0 bridgehead atoms. The summed E-state index contributed by atoms with van der Waals surface area (Å²) in [6.45, 7) is 14.1. The molecule has 0 unspecified atom stereocenters. The summed E-state index contributed by atoms with van der Waals surface area (Å²) >= 11 is 0. The van der Waals surface area contributed by atoms with Crippen LogP contribution in [-0.2, 0) is 38.0 Å². The zero-order valence-corrected chi connectivity index (χ0v) is 24.4. The number of benzene rings is 1. The fourth-order valence-corrected chi connectivity index (χ4v) is 5.99. The van der Waals surface area contributed by atoms with Crippen molar-refractivity contribution in [3.8, 4) is 0 Å². The molecule has 0 spiro atoms. The summed E-state index contributed by atoms with van der Waals surface area (Å²) in [7, 11) is 0. The molecule has 0 fully saturated rings. The van der Waals surface area contributed by atoms with E-state index in [4.69, 9.17) is 0 Å². The number of hydrogen-bond donors (Lipinski definition) is 0. The average molecular weight is 555 g/mol. The summed E-state index contributed by atoms with van der Waals surface area (Å²) in [6, 6.07) is 10.0. The second-order valence-electron chi connectivity index (χ2n) is 10.6. The Balaban J connectivity index is 0.000000431. The number of halogens is 2. The van der Waals surface area contributed by atoms with Gasteiger partial charge in [-0.05, 0) is 53.0 Å². The molecular formula is C30H32Cl2Zr. The number of fused-ring (bicyclic) bond motifs is 7. The first kappa shape index (κ1) is 28.1. The van der Waals surface area contributed by atoms with E-state index in [9.17, 15) is 0 Å². The van der Waals surface area contributed by atoms with Crippen LogP contribution < -0.4 is 35.3 Å². The predicted molar refractivity (Wildman–Crippen MR) is 130 cm³/mol. The normalized spacial score (nSPS) is 19.1. The van der Waals surface area contributed by atoms with Crippen molar-refractivity contribution in [1.82, 2.24) is 0 Å². The van der Waals surface area contributed by atoms with Crippen molar-refractivity contribution in [3.63, 3.8) is 0 Å². The van der Waals surface area contributed by atoms with Crippen LogP contribution in [0, 0.1) is 11.8 Å². The van der Waals surface area contributed by atoms with Crippen LogP contribution in [0.15, 0.2) is 54.1 Å². The van der Waals surface area contributed by atoms with E-state index >= 15 is 0 Å². The van der Waals surface area contributed by atoms with Gasteiger partial charge in [-0.3, -0.25) is 0 Å². The third kappa shape index (κ3) is 4.59. The van der Waals surface area contributed by atoms with Crippen molar-refractivity contribution in [2.24, 2.45) is 5.41 Å². The number of allylic oxidation sites excluding steroid dienone is 6. The van der Waals surface area contributed by atoms with Gasteiger partial charge in [0.1, 0.15) is 0 Å². The Hall–Kier alpha value is -1.14. The van der Waals surface area contributed by atoms with E-state index in [0.29, 0.717) is 0 Å². The first-order valence-electron chi connectivity index (χ1n) is 11.2. The van der Waals surface area contributed by atoms with Gasteiger partial charge in [0.25, 0.3) is 0 Å². The fourth-order valence-electron chi connectivity index (χ4n) is 5.99. The molecule has 2 aromatic carbocycles. The van der Waals surface area contributed by atoms with Crippen molar-refractivity contribution >= 4 is 22.8 Å². The van der Waals surface area contributed by atoms with E-state index in [1.54, 1.807) is 27.8 Å². The average Bonchev–Trinajstić information content (AvgIpc) is 3.42. The Labute approximate surface area is 231 Å². The molecule has 3 heteroatoms. The maximum Gasteiger partial charge on any atom is 4.00 e. The van der Waals surface area contributed by atoms with Gasteiger partial charge in [-0.2, -0.15) is 23.4 Å². The molecule has 33 heavy (non-hydrogen) atoms. The summed E-state index contributed by atoms with van der Waals surface area (Å²) in [5.74, 6) is 0. The molecule has 0 atom stereocenters. The Morgan fingerprint density at radius 1 is 0.909 bits per heavy atom. The Kier molecular flexibility index (Phi) is 8.39. The summed E-state index contributed by atoms with van der Waals surface area (Å²) in [4.78, 5) is 0. The molecule has 2 aromatic rings. The molecule has 0 radical (unpaired) electrons. The molecular weight excluding hydrogens is 522 g/mol. The Morgan fingerprint density at radius 2 is 1.58 bits per heavy atom. The van der Waals surface area contributed by atoms with Crippen LogP contribution in [-0.4, -0.2) is 0 Å². The van der Waals surface area contributed by atoms with Crippen molar-refractivity contribution in [1.29, 1.82) is 0 Å². The smallest absolute Gasteiger partial charge is 1.00 e. The van der Waals surface area contributed by atoms with Gasteiger partial charge < -0.3 is 24.8 Å². The van der Waals surface area contributed by atoms with Gasteiger partial charge in [-0.25, -0.2) is 24.1 Å². The number of rotatable bonds is 0. The third-order valence-electron chi connectivity index (χ3n) is 7.13. The molecule has 0 N–H and O–H groups in total. The molecule has 4 aliphatic carbocycles. The van der Waals surface area contributed by atoms with Gasteiger partial charge in [0, 0.05) is 0 Å². The Morgan fingerprint density at radius 3 is 2.18 bits per heavy atom. The first-order chi connectivity index (χ1) is 14.2. The van der Waals surface area contributed by atoms with E-state index in [1.165, 1.54) is 27.1 Å². The second kappa shape index (κ2) is 9.85. The van der Waals surface area contributed by atoms with Crippen LogP contribution in [0.3, 0.4) is 0 Å². The maximum atomic E-state index is 2.48. The van der Waals surface area contributed by atoms with E-state index in [2.05, 4.69) is 72.3 Å². The van der Waals surface area contributed by atoms with Gasteiger partial charge in [0.2, 0.25) is 0 Å². The minimum absolute atomic E-state index is 0. The van der Waals surface area contributed by atoms with Crippen molar-refractivity contribution in [3.05, 3.63) is 93.2 Å². The SMILES string of the molecule is CC1=CC=c2c1c1c(c3c2=C(C)[CH-]C3(C)C)CC2=C1CC(C)(C)C=C2.[Cl-].[Cl-].[Zr+4].c1cc[cH-]c1. The molecule has 0 saturated heterocycles. The molecule has 0 saturated carbocycles.